The molecule has 0 aliphatic carbocycles. The van der Waals surface area contributed by atoms with Crippen LogP contribution in [0.1, 0.15) is 20.3 Å². The molecule has 1 heterocycles. The van der Waals surface area contributed by atoms with Crippen LogP contribution < -0.4 is 14.8 Å². The first kappa shape index (κ1) is 13.0. The van der Waals surface area contributed by atoms with Crippen LogP contribution in [-0.2, 0) is 0 Å². The second-order valence-electron chi connectivity index (χ2n) is 2.99. The number of anilines is 1. The van der Waals surface area contributed by atoms with Gasteiger partial charge in [0.05, 0.1) is 6.61 Å². The van der Waals surface area contributed by atoms with E-state index in [2.05, 4.69) is 26.2 Å². The second-order valence-corrected chi connectivity index (χ2v) is 2.99. The van der Waals surface area contributed by atoms with Gasteiger partial charge in [0.15, 0.2) is 0 Å². The summed E-state index contributed by atoms with van der Waals surface area (Å²) in [6, 6.07) is 0.462. The lowest BCUT2D eigenvalue weighted by molar-refractivity contribution is 0.274. The topological polar surface area (TPSA) is 69.2 Å². The van der Waals surface area contributed by atoms with Crippen molar-refractivity contribution >= 4 is 5.95 Å². The molecule has 0 bridgehead atoms. The van der Waals surface area contributed by atoms with Crippen molar-refractivity contribution in [1.82, 2.24) is 15.0 Å². The van der Waals surface area contributed by atoms with E-state index in [1.807, 2.05) is 13.8 Å². The Kier molecular flexibility index (Phi) is 5.58. The maximum Gasteiger partial charge on any atom is 0.324 e. The Labute approximate surface area is 101 Å². The minimum atomic E-state index is 0.217. The zero-order chi connectivity index (χ0) is 12.5. The Morgan fingerprint density at radius 1 is 1.18 bits per heavy atom. The molecule has 6 nitrogen and oxygen atoms in total. The van der Waals surface area contributed by atoms with Crippen LogP contribution in [0, 0.1) is 12.3 Å². The van der Waals surface area contributed by atoms with E-state index >= 15 is 0 Å². The normalized spacial score (nSPS) is 9.47. The molecule has 0 aliphatic heterocycles. The molecule has 0 unspecified atom stereocenters. The van der Waals surface area contributed by atoms with Gasteiger partial charge in [-0.25, -0.2) is 0 Å². The van der Waals surface area contributed by atoms with Crippen LogP contribution >= 0.6 is 0 Å². The molecule has 92 valence electrons. The predicted octanol–water partition coefficient (Wildman–Crippen LogP) is 1.10. The van der Waals surface area contributed by atoms with Crippen molar-refractivity contribution in [3.8, 4) is 24.4 Å². The van der Waals surface area contributed by atoms with Gasteiger partial charge in [-0.2, -0.15) is 9.97 Å². The summed E-state index contributed by atoms with van der Waals surface area (Å²) < 4.78 is 10.5. The molecule has 0 saturated carbocycles. The van der Waals surface area contributed by atoms with E-state index in [9.17, 15) is 0 Å². The van der Waals surface area contributed by atoms with Crippen LogP contribution in [0.15, 0.2) is 0 Å². The van der Waals surface area contributed by atoms with Crippen LogP contribution in [0.3, 0.4) is 0 Å². The standard InChI is InChI=1S/C11H16N4O2/c1-4-7-8-17-11-14-9(12-5-2)13-10(15-11)16-6-3/h1H,5-8H2,2-3H3,(H,12,13,14,15). The van der Waals surface area contributed by atoms with Gasteiger partial charge in [-0.15, -0.1) is 17.3 Å². The minimum Gasteiger partial charge on any atom is -0.464 e. The summed E-state index contributed by atoms with van der Waals surface area (Å²) in [4.78, 5) is 12.1. The summed E-state index contributed by atoms with van der Waals surface area (Å²) >= 11 is 0. The first-order chi connectivity index (χ1) is 8.30. The lowest BCUT2D eigenvalue weighted by Crippen LogP contribution is -2.09. The summed E-state index contributed by atoms with van der Waals surface area (Å²) in [5.41, 5.74) is 0. The first-order valence-corrected chi connectivity index (χ1v) is 5.49. The Morgan fingerprint density at radius 3 is 2.47 bits per heavy atom. The summed E-state index contributed by atoms with van der Waals surface area (Å²) in [5, 5.41) is 2.97. The van der Waals surface area contributed by atoms with E-state index in [-0.39, 0.29) is 12.0 Å². The highest BCUT2D eigenvalue weighted by molar-refractivity contribution is 5.27. The van der Waals surface area contributed by atoms with Gasteiger partial charge in [0.25, 0.3) is 0 Å². The highest BCUT2D eigenvalue weighted by atomic mass is 16.5. The molecule has 0 atom stereocenters. The fourth-order valence-corrected chi connectivity index (χ4v) is 1.03. The molecule has 1 N–H and O–H groups in total. The zero-order valence-corrected chi connectivity index (χ0v) is 10.1. The highest BCUT2D eigenvalue weighted by Gasteiger charge is 2.07. The van der Waals surface area contributed by atoms with E-state index in [4.69, 9.17) is 15.9 Å². The predicted molar refractivity (Wildman–Crippen MR) is 64.1 cm³/mol. The van der Waals surface area contributed by atoms with E-state index < -0.39 is 0 Å². The molecule has 0 aromatic carbocycles. The Hall–Kier alpha value is -2.03. The lowest BCUT2D eigenvalue weighted by atomic mass is 10.5. The quantitative estimate of drug-likeness (QED) is 0.565. The van der Waals surface area contributed by atoms with Crippen molar-refractivity contribution in [2.24, 2.45) is 0 Å². The maximum atomic E-state index is 5.30. The molecule has 1 aromatic heterocycles. The third-order valence-electron chi connectivity index (χ3n) is 1.68. The Morgan fingerprint density at radius 2 is 1.88 bits per heavy atom. The second kappa shape index (κ2) is 7.28. The van der Waals surface area contributed by atoms with E-state index in [1.54, 1.807) is 0 Å². The summed E-state index contributed by atoms with van der Waals surface area (Å²) in [5.74, 6) is 2.91. The molecule has 0 saturated heterocycles. The van der Waals surface area contributed by atoms with Gasteiger partial charge < -0.3 is 14.8 Å². The molecule has 0 fully saturated rings. The van der Waals surface area contributed by atoms with Crippen LogP contribution in [0.4, 0.5) is 5.95 Å². The third-order valence-corrected chi connectivity index (χ3v) is 1.68. The van der Waals surface area contributed by atoms with Crippen LogP contribution in [0.5, 0.6) is 12.0 Å². The van der Waals surface area contributed by atoms with Crippen LogP contribution in [0.2, 0.25) is 0 Å². The van der Waals surface area contributed by atoms with Gasteiger partial charge in [0.1, 0.15) is 6.61 Å². The fourth-order valence-electron chi connectivity index (χ4n) is 1.03. The van der Waals surface area contributed by atoms with Gasteiger partial charge in [-0.3, -0.25) is 0 Å². The number of hydrogen-bond acceptors (Lipinski definition) is 6. The molecule has 0 aliphatic rings. The van der Waals surface area contributed by atoms with Gasteiger partial charge in [-0.1, -0.05) is 0 Å². The summed E-state index contributed by atoms with van der Waals surface area (Å²) in [7, 11) is 0. The van der Waals surface area contributed by atoms with Crippen LogP contribution in [0.25, 0.3) is 0 Å². The molecule has 1 aromatic rings. The number of rotatable bonds is 7. The SMILES string of the molecule is C#CCCOc1nc(NCC)nc(OCC)n1. The molecular formula is C11H16N4O2. The number of ether oxygens (including phenoxy) is 2. The molecule has 0 amide bonds. The minimum absolute atomic E-state index is 0.217. The first-order valence-electron chi connectivity index (χ1n) is 5.49. The molecule has 0 spiro atoms. The van der Waals surface area contributed by atoms with E-state index in [1.165, 1.54) is 0 Å². The number of terminal acetylenes is 1. The maximum absolute atomic E-state index is 5.30. The van der Waals surface area contributed by atoms with Crippen molar-refractivity contribution in [2.75, 3.05) is 25.1 Å². The van der Waals surface area contributed by atoms with E-state index in [0.717, 1.165) is 0 Å². The van der Waals surface area contributed by atoms with Crippen molar-refractivity contribution in [2.45, 2.75) is 20.3 Å². The molecular weight excluding hydrogens is 220 g/mol. The van der Waals surface area contributed by atoms with Gasteiger partial charge >= 0.3 is 12.0 Å². The van der Waals surface area contributed by atoms with Crippen molar-refractivity contribution in [3.05, 3.63) is 0 Å². The number of nitrogens with zero attached hydrogens (tertiary/aromatic N) is 3. The number of nitrogens with one attached hydrogen (secondary N) is 1. The number of aromatic nitrogens is 3. The zero-order valence-electron chi connectivity index (χ0n) is 10.1. The molecule has 6 heteroatoms. The van der Waals surface area contributed by atoms with Gasteiger partial charge in [0, 0.05) is 13.0 Å². The lowest BCUT2D eigenvalue weighted by Gasteiger charge is -2.07. The summed E-state index contributed by atoms with van der Waals surface area (Å²) in [6.45, 7) is 5.37. The van der Waals surface area contributed by atoms with Gasteiger partial charge in [-0.05, 0) is 13.8 Å². The Balaban J connectivity index is 2.76. The van der Waals surface area contributed by atoms with Crippen molar-refractivity contribution in [3.63, 3.8) is 0 Å². The van der Waals surface area contributed by atoms with Gasteiger partial charge in [0.2, 0.25) is 5.95 Å². The fraction of sp³-hybridized carbons (Fsp3) is 0.545. The average molecular weight is 236 g/mol. The monoisotopic (exact) mass is 236 g/mol. The van der Waals surface area contributed by atoms with Crippen molar-refractivity contribution in [1.29, 1.82) is 0 Å². The average Bonchev–Trinajstić information content (AvgIpc) is 2.30. The van der Waals surface area contributed by atoms with E-state index in [0.29, 0.717) is 32.1 Å². The molecule has 17 heavy (non-hydrogen) atoms. The molecule has 0 radical (unpaired) electrons. The smallest absolute Gasteiger partial charge is 0.324 e. The largest absolute Gasteiger partial charge is 0.464 e. The number of hydrogen-bond donors (Lipinski definition) is 1. The highest BCUT2D eigenvalue weighted by Crippen LogP contribution is 2.12. The van der Waals surface area contributed by atoms with Crippen LogP contribution in [-0.4, -0.2) is 34.7 Å². The summed E-state index contributed by atoms with van der Waals surface area (Å²) in [6.07, 6.45) is 5.63. The Bertz CT molecular complexity index is 365. The third kappa shape index (κ3) is 4.55. The molecule has 1 rings (SSSR count). The van der Waals surface area contributed by atoms with Crippen molar-refractivity contribution < 1.29 is 9.47 Å².